The Morgan fingerprint density at radius 1 is 1.19 bits per heavy atom. The van der Waals surface area contributed by atoms with Gasteiger partial charge in [-0.2, -0.15) is 13.2 Å². The normalized spacial score (nSPS) is 18.4. The number of halogens is 3. The van der Waals surface area contributed by atoms with Crippen molar-refractivity contribution in [1.29, 1.82) is 0 Å². The van der Waals surface area contributed by atoms with Gasteiger partial charge in [-0.3, -0.25) is 4.90 Å². The first-order valence-electron chi connectivity index (χ1n) is 13.9. The second-order valence-corrected chi connectivity index (χ2v) is 10.8. The lowest BCUT2D eigenvalue weighted by molar-refractivity contribution is -0.141. The largest absolute Gasteiger partial charge is 0.475 e. The van der Waals surface area contributed by atoms with Gasteiger partial charge in [0.1, 0.15) is 12.7 Å². The van der Waals surface area contributed by atoms with Crippen LogP contribution in [0.4, 0.5) is 35.2 Å². The molecule has 1 fully saturated rings. The molecule has 1 aromatic carbocycles. The van der Waals surface area contributed by atoms with Crippen molar-refractivity contribution >= 4 is 23.2 Å². The number of pyridine rings is 2. The van der Waals surface area contributed by atoms with Gasteiger partial charge in [0.2, 0.25) is 5.88 Å². The lowest BCUT2D eigenvalue weighted by Crippen LogP contribution is -2.36. The summed E-state index contributed by atoms with van der Waals surface area (Å²) in [7, 11) is 1.91. The van der Waals surface area contributed by atoms with E-state index in [1.165, 1.54) is 17.2 Å². The molecule has 1 N–H and O–H groups in total. The van der Waals surface area contributed by atoms with Gasteiger partial charge in [-0.1, -0.05) is 19.1 Å². The summed E-state index contributed by atoms with van der Waals surface area (Å²) >= 11 is 0. The van der Waals surface area contributed by atoms with Crippen LogP contribution in [0.5, 0.6) is 5.88 Å². The Morgan fingerprint density at radius 2 is 2.00 bits per heavy atom. The number of aromatic nitrogens is 2. The van der Waals surface area contributed by atoms with Crippen LogP contribution in [-0.4, -0.2) is 61.2 Å². The van der Waals surface area contributed by atoms with Crippen LogP contribution < -0.4 is 19.9 Å². The predicted molar refractivity (Wildman–Crippen MR) is 153 cm³/mol. The van der Waals surface area contributed by atoms with Gasteiger partial charge in [0.25, 0.3) is 0 Å². The van der Waals surface area contributed by atoms with Gasteiger partial charge < -0.3 is 24.4 Å². The Kier molecular flexibility index (Phi) is 8.29. The first-order valence-corrected chi connectivity index (χ1v) is 13.9. The quantitative estimate of drug-likeness (QED) is 0.372. The SMILES string of the molecule is CCc1cc2c(nc1-c1cccc(C(F)(F)F)c1)N(C(=O)Nc1ccnc(OC[C@@H]3COC(C)(C)O3)c1)CCCN2C. The predicted octanol–water partition coefficient (Wildman–Crippen LogP) is 6.13. The summed E-state index contributed by atoms with van der Waals surface area (Å²) in [5.41, 5.74) is 1.99. The summed E-state index contributed by atoms with van der Waals surface area (Å²) in [6.07, 6.45) is -1.97. The van der Waals surface area contributed by atoms with Gasteiger partial charge in [-0.15, -0.1) is 0 Å². The van der Waals surface area contributed by atoms with Gasteiger partial charge >= 0.3 is 12.2 Å². The number of nitrogens with zero attached hydrogens (tertiary/aromatic N) is 4. The molecule has 12 heteroatoms. The fraction of sp³-hybridized carbons (Fsp3) is 0.433. The van der Waals surface area contributed by atoms with Crippen molar-refractivity contribution in [2.45, 2.75) is 51.7 Å². The smallest absolute Gasteiger partial charge is 0.416 e. The number of carbonyl (C=O) groups excluding carboxylic acids is 1. The molecule has 2 aromatic heterocycles. The minimum Gasteiger partial charge on any atom is -0.475 e. The van der Waals surface area contributed by atoms with Crippen molar-refractivity contribution in [3.63, 3.8) is 0 Å². The van der Waals surface area contributed by atoms with E-state index in [1.54, 1.807) is 18.2 Å². The third kappa shape index (κ3) is 6.60. The number of urea groups is 1. The van der Waals surface area contributed by atoms with Crippen LogP contribution in [-0.2, 0) is 22.1 Å². The molecule has 2 amide bonds. The highest BCUT2D eigenvalue weighted by Gasteiger charge is 2.34. The standard InChI is InChI=1S/C30H34F3N5O4/c1-5-19-15-24-27(36-26(19)20-8-6-9-21(14-20)30(31,32)33)38(13-7-12-37(24)4)28(39)35-22-10-11-34-25(16-22)40-17-23-18-41-29(2,3)42-23/h6,8-11,14-16,23H,5,7,12-13,17-18H2,1-4H3,(H,34,35,39)/t23-/m1/s1. The Labute approximate surface area is 242 Å². The monoisotopic (exact) mass is 585 g/mol. The van der Waals surface area contributed by atoms with Gasteiger partial charge in [0, 0.05) is 43.7 Å². The Morgan fingerprint density at radius 3 is 2.71 bits per heavy atom. The molecule has 4 heterocycles. The Hall–Kier alpha value is -3.90. The first kappa shape index (κ1) is 29.6. The highest BCUT2D eigenvalue weighted by molar-refractivity contribution is 6.03. The maximum absolute atomic E-state index is 13.6. The molecule has 3 aromatic rings. The summed E-state index contributed by atoms with van der Waals surface area (Å²) < 4.78 is 57.6. The molecule has 0 unspecified atom stereocenters. The van der Waals surface area contributed by atoms with E-state index in [0.29, 0.717) is 61.2 Å². The van der Waals surface area contributed by atoms with E-state index in [9.17, 15) is 18.0 Å². The summed E-state index contributed by atoms with van der Waals surface area (Å²) in [5.74, 6) is 0.0279. The van der Waals surface area contributed by atoms with Crippen molar-refractivity contribution in [1.82, 2.24) is 9.97 Å². The maximum atomic E-state index is 13.6. The zero-order valence-electron chi connectivity index (χ0n) is 24.0. The number of rotatable bonds is 6. The summed E-state index contributed by atoms with van der Waals surface area (Å²) in [5, 5.41) is 2.90. The summed E-state index contributed by atoms with van der Waals surface area (Å²) in [6, 6.07) is 9.87. The third-order valence-electron chi connectivity index (χ3n) is 7.16. The molecule has 5 rings (SSSR count). The summed E-state index contributed by atoms with van der Waals surface area (Å²) in [4.78, 5) is 26.2. The van der Waals surface area contributed by atoms with Crippen molar-refractivity contribution in [2.24, 2.45) is 0 Å². The molecule has 0 spiro atoms. The number of aryl methyl sites for hydroxylation is 1. The lowest BCUT2D eigenvalue weighted by atomic mass is 10.0. The molecule has 9 nitrogen and oxygen atoms in total. The Bertz CT molecular complexity index is 1450. The van der Waals surface area contributed by atoms with Crippen LogP contribution in [0.2, 0.25) is 0 Å². The van der Waals surface area contributed by atoms with E-state index in [0.717, 1.165) is 23.4 Å². The maximum Gasteiger partial charge on any atom is 0.416 e. The van der Waals surface area contributed by atoms with E-state index in [2.05, 4.69) is 10.3 Å². The van der Waals surface area contributed by atoms with Crippen molar-refractivity contribution in [3.8, 4) is 17.1 Å². The molecule has 0 bridgehead atoms. The van der Waals surface area contributed by atoms with E-state index in [1.807, 2.05) is 38.8 Å². The van der Waals surface area contributed by atoms with Crippen LogP contribution in [0.3, 0.4) is 0 Å². The zero-order valence-corrected chi connectivity index (χ0v) is 24.0. The van der Waals surface area contributed by atoms with E-state index in [-0.39, 0.29) is 12.7 Å². The number of hydrogen-bond acceptors (Lipinski definition) is 7. The number of nitrogens with one attached hydrogen (secondary N) is 1. The molecule has 224 valence electrons. The van der Waals surface area contributed by atoms with Crippen molar-refractivity contribution in [3.05, 3.63) is 59.8 Å². The number of ether oxygens (including phenoxy) is 3. The number of carbonyl (C=O) groups is 1. The lowest BCUT2D eigenvalue weighted by Gasteiger charge is -2.25. The van der Waals surface area contributed by atoms with Crippen molar-refractivity contribution < 1.29 is 32.2 Å². The third-order valence-corrected chi connectivity index (χ3v) is 7.16. The van der Waals surface area contributed by atoms with E-state index < -0.39 is 23.6 Å². The minimum atomic E-state index is -4.48. The minimum absolute atomic E-state index is 0.238. The number of alkyl halides is 3. The Balaban J connectivity index is 1.41. The van der Waals surface area contributed by atoms with Crippen LogP contribution in [0.25, 0.3) is 11.3 Å². The fourth-order valence-electron chi connectivity index (χ4n) is 5.05. The van der Waals surface area contributed by atoms with Gasteiger partial charge in [-0.25, -0.2) is 14.8 Å². The zero-order chi connectivity index (χ0) is 30.1. The van der Waals surface area contributed by atoms with Crippen LogP contribution in [0, 0.1) is 0 Å². The molecular weight excluding hydrogens is 551 g/mol. The van der Waals surface area contributed by atoms with Crippen molar-refractivity contribution in [2.75, 3.05) is 48.5 Å². The highest BCUT2D eigenvalue weighted by atomic mass is 19.4. The molecule has 0 aliphatic carbocycles. The fourth-order valence-corrected chi connectivity index (χ4v) is 5.05. The molecule has 1 saturated heterocycles. The molecule has 1 atom stereocenters. The summed E-state index contributed by atoms with van der Waals surface area (Å²) in [6.45, 7) is 7.29. The average Bonchev–Trinajstić information content (AvgIpc) is 3.22. The van der Waals surface area contributed by atoms with Gasteiger partial charge in [0.15, 0.2) is 11.6 Å². The van der Waals surface area contributed by atoms with Gasteiger partial charge in [0.05, 0.1) is 23.6 Å². The van der Waals surface area contributed by atoms with E-state index in [4.69, 9.17) is 19.2 Å². The molecule has 2 aliphatic rings. The molecular formula is C30H34F3N5O4. The molecule has 0 radical (unpaired) electrons. The van der Waals surface area contributed by atoms with Crippen LogP contribution in [0.15, 0.2) is 48.7 Å². The average molecular weight is 586 g/mol. The van der Waals surface area contributed by atoms with Gasteiger partial charge in [-0.05, 0) is 56.5 Å². The number of benzene rings is 1. The second kappa shape index (κ2) is 11.8. The second-order valence-electron chi connectivity index (χ2n) is 10.8. The molecule has 0 saturated carbocycles. The highest BCUT2D eigenvalue weighted by Crippen LogP contribution is 2.38. The number of amides is 2. The molecule has 42 heavy (non-hydrogen) atoms. The van der Waals surface area contributed by atoms with Crippen LogP contribution in [0.1, 0.15) is 38.3 Å². The number of anilines is 3. The first-order chi connectivity index (χ1) is 19.9. The topological polar surface area (TPSA) is 89.1 Å². The number of fused-ring (bicyclic) bond motifs is 1. The van der Waals surface area contributed by atoms with Crippen LogP contribution >= 0.6 is 0 Å². The van der Waals surface area contributed by atoms with E-state index >= 15 is 0 Å². The molecule has 2 aliphatic heterocycles. The number of hydrogen-bond donors (Lipinski definition) is 1.